The highest BCUT2D eigenvalue weighted by Gasteiger charge is 2.15. The summed E-state index contributed by atoms with van der Waals surface area (Å²) in [5.41, 5.74) is 0. The first-order chi connectivity index (χ1) is 8.60. The zero-order valence-electron chi connectivity index (χ0n) is 10.8. The van der Waals surface area contributed by atoms with Gasteiger partial charge >= 0.3 is 0 Å². The van der Waals surface area contributed by atoms with Crippen LogP contribution >= 0.6 is 11.3 Å². The monoisotopic (exact) mass is 266 g/mol. The van der Waals surface area contributed by atoms with E-state index in [1.165, 1.54) is 23.5 Å². The van der Waals surface area contributed by atoms with Gasteiger partial charge in [-0.05, 0) is 35.9 Å². The quantitative estimate of drug-likeness (QED) is 0.816. The smallest absolute Gasteiger partial charge is 0.124 e. The number of rotatable bonds is 5. The first-order valence-electron chi connectivity index (χ1n) is 6.47. The molecule has 2 unspecified atom stereocenters. The van der Waals surface area contributed by atoms with E-state index in [9.17, 15) is 9.50 Å². The minimum absolute atomic E-state index is 0.218. The number of benzene rings is 1. The van der Waals surface area contributed by atoms with Crippen LogP contribution in [0.2, 0.25) is 0 Å². The fraction of sp³-hybridized carbons (Fsp3) is 0.467. The van der Waals surface area contributed by atoms with Crippen molar-refractivity contribution < 1.29 is 9.50 Å². The molecule has 2 rings (SSSR count). The van der Waals surface area contributed by atoms with Gasteiger partial charge in [-0.25, -0.2) is 4.39 Å². The van der Waals surface area contributed by atoms with E-state index < -0.39 is 6.10 Å². The van der Waals surface area contributed by atoms with Crippen LogP contribution in [0.1, 0.15) is 44.1 Å². The summed E-state index contributed by atoms with van der Waals surface area (Å²) >= 11 is 1.49. The molecule has 18 heavy (non-hydrogen) atoms. The maximum absolute atomic E-state index is 13.1. The van der Waals surface area contributed by atoms with Crippen molar-refractivity contribution in [1.29, 1.82) is 0 Å². The number of thiophene rings is 1. The van der Waals surface area contributed by atoms with Crippen LogP contribution in [-0.2, 0) is 0 Å². The van der Waals surface area contributed by atoms with Crippen LogP contribution < -0.4 is 0 Å². The maximum atomic E-state index is 13.1. The first kappa shape index (κ1) is 13.5. The Bertz CT molecular complexity index is 520. The van der Waals surface area contributed by atoms with Crippen LogP contribution in [0.15, 0.2) is 24.3 Å². The van der Waals surface area contributed by atoms with Gasteiger partial charge in [0.25, 0.3) is 0 Å². The highest BCUT2D eigenvalue weighted by atomic mass is 32.1. The van der Waals surface area contributed by atoms with Gasteiger partial charge in [-0.15, -0.1) is 11.3 Å². The topological polar surface area (TPSA) is 20.2 Å². The molecule has 0 aliphatic carbocycles. The third-order valence-corrected chi connectivity index (χ3v) is 4.44. The van der Waals surface area contributed by atoms with Crippen molar-refractivity contribution in [3.05, 3.63) is 35.0 Å². The molecule has 0 saturated carbocycles. The standard InChI is InChI=1S/C15H19FOS/c1-3-4-10(2)7-13(17)15-8-11-5-6-12(16)9-14(11)18-15/h5-6,8-10,13,17H,3-4,7H2,1-2H3. The number of aliphatic hydroxyl groups is 1. The molecule has 0 amide bonds. The van der Waals surface area contributed by atoms with Crippen LogP contribution in [0.25, 0.3) is 10.1 Å². The lowest BCUT2D eigenvalue weighted by Gasteiger charge is -2.14. The van der Waals surface area contributed by atoms with E-state index in [1.807, 2.05) is 6.07 Å². The second-order valence-electron chi connectivity index (χ2n) is 4.98. The van der Waals surface area contributed by atoms with E-state index in [2.05, 4.69) is 13.8 Å². The zero-order valence-corrected chi connectivity index (χ0v) is 11.6. The zero-order chi connectivity index (χ0) is 13.1. The lowest BCUT2D eigenvalue weighted by molar-refractivity contribution is 0.148. The number of aliphatic hydroxyl groups excluding tert-OH is 1. The summed E-state index contributed by atoms with van der Waals surface area (Å²) in [7, 11) is 0. The van der Waals surface area contributed by atoms with Gasteiger partial charge in [0, 0.05) is 9.58 Å². The molecule has 0 spiro atoms. The van der Waals surface area contributed by atoms with Gasteiger partial charge in [0.15, 0.2) is 0 Å². The van der Waals surface area contributed by atoms with Crippen molar-refractivity contribution >= 4 is 21.4 Å². The fourth-order valence-electron chi connectivity index (χ4n) is 2.30. The Labute approximate surface area is 111 Å². The number of hydrogen-bond donors (Lipinski definition) is 1. The Morgan fingerprint density at radius 1 is 1.33 bits per heavy atom. The van der Waals surface area contributed by atoms with Crippen molar-refractivity contribution in [2.24, 2.45) is 5.92 Å². The third-order valence-electron chi connectivity index (χ3n) is 3.24. The minimum Gasteiger partial charge on any atom is -0.388 e. The number of fused-ring (bicyclic) bond motifs is 1. The highest BCUT2D eigenvalue weighted by molar-refractivity contribution is 7.19. The molecule has 0 radical (unpaired) electrons. The van der Waals surface area contributed by atoms with Crippen molar-refractivity contribution in [2.45, 2.75) is 39.2 Å². The van der Waals surface area contributed by atoms with Gasteiger partial charge in [-0.2, -0.15) is 0 Å². The molecular weight excluding hydrogens is 247 g/mol. The average Bonchev–Trinajstić information content (AvgIpc) is 2.72. The Balaban J connectivity index is 2.15. The Kier molecular flexibility index (Phi) is 4.36. The lowest BCUT2D eigenvalue weighted by atomic mass is 9.98. The SMILES string of the molecule is CCCC(C)CC(O)c1cc2ccc(F)cc2s1. The predicted octanol–water partition coefficient (Wildman–Crippen LogP) is 4.90. The number of halogens is 1. The summed E-state index contributed by atoms with van der Waals surface area (Å²) in [6, 6.07) is 6.74. The molecular formula is C15H19FOS. The predicted molar refractivity (Wildman–Crippen MR) is 75.4 cm³/mol. The van der Waals surface area contributed by atoms with Crippen LogP contribution in [0.3, 0.4) is 0 Å². The van der Waals surface area contributed by atoms with Crippen LogP contribution in [0, 0.1) is 11.7 Å². The van der Waals surface area contributed by atoms with Gasteiger partial charge in [0.1, 0.15) is 5.82 Å². The first-order valence-corrected chi connectivity index (χ1v) is 7.29. The average molecular weight is 266 g/mol. The third kappa shape index (κ3) is 3.09. The summed E-state index contributed by atoms with van der Waals surface area (Å²) < 4.78 is 14.0. The molecule has 1 N–H and O–H groups in total. The molecule has 0 aliphatic heterocycles. The van der Waals surface area contributed by atoms with Gasteiger partial charge in [0.05, 0.1) is 6.10 Å². The molecule has 2 aromatic rings. The summed E-state index contributed by atoms with van der Waals surface area (Å²) in [6.45, 7) is 4.32. The second kappa shape index (κ2) is 5.81. The van der Waals surface area contributed by atoms with E-state index in [0.717, 1.165) is 34.2 Å². The molecule has 0 fully saturated rings. The largest absolute Gasteiger partial charge is 0.388 e. The molecule has 0 bridgehead atoms. The van der Waals surface area contributed by atoms with E-state index >= 15 is 0 Å². The number of hydrogen-bond acceptors (Lipinski definition) is 2. The molecule has 1 nitrogen and oxygen atoms in total. The van der Waals surface area contributed by atoms with E-state index in [-0.39, 0.29) is 5.82 Å². The normalized spacial score (nSPS) is 14.9. The summed E-state index contributed by atoms with van der Waals surface area (Å²) in [5.74, 6) is 0.302. The van der Waals surface area contributed by atoms with Crippen molar-refractivity contribution in [1.82, 2.24) is 0 Å². The van der Waals surface area contributed by atoms with Gasteiger partial charge in [-0.3, -0.25) is 0 Å². The van der Waals surface area contributed by atoms with Crippen LogP contribution in [0.4, 0.5) is 4.39 Å². The Hall–Kier alpha value is -0.930. The molecule has 2 atom stereocenters. The van der Waals surface area contributed by atoms with E-state index in [1.54, 1.807) is 6.07 Å². The maximum Gasteiger partial charge on any atom is 0.124 e. The molecule has 3 heteroatoms. The highest BCUT2D eigenvalue weighted by Crippen LogP contribution is 2.33. The summed E-state index contributed by atoms with van der Waals surface area (Å²) in [4.78, 5) is 0.943. The van der Waals surface area contributed by atoms with Crippen molar-refractivity contribution in [3.63, 3.8) is 0 Å². The summed E-state index contributed by atoms with van der Waals surface area (Å²) in [5, 5.41) is 11.2. The molecule has 0 saturated heterocycles. The lowest BCUT2D eigenvalue weighted by Crippen LogP contribution is -2.02. The molecule has 1 aromatic carbocycles. The van der Waals surface area contributed by atoms with E-state index in [4.69, 9.17) is 0 Å². The molecule has 1 heterocycles. The van der Waals surface area contributed by atoms with Gasteiger partial charge in [0.2, 0.25) is 0 Å². The van der Waals surface area contributed by atoms with Crippen molar-refractivity contribution in [2.75, 3.05) is 0 Å². The van der Waals surface area contributed by atoms with Crippen LogP contribution in [0.5, 0.6) is 0 Å². The summed E-state index contributed by atoms with van der Waals surface area (Å²) in [6.07, 6.45) is 2.64. The minimum atomic E-state index is -0.424. The molecule has 1 aromatic heterocycles. The van der Waals surface area contributed by atoms with Crippen LogP contribution in [-0.4, -0.2) is 5.11 Å². The van der Waals surface area contributed by atoms with Gasteiger partial charge in [-0.1, -0.05) is 32.8 Å². The molecule has 98 valence electrons. The Morgan fingerprint density at radius 2 is 2.11 bits per heavy atom. The van der Waals surface area contributed by atoms with Gasteiger partial charge < -0.3 is 5.11 Å². The fourth-order valence-corrected chi connectivity index (χ4v) is 3.39. The van der Waals surface area contributed by atoms with E-state index in [0.29, 0.717) is 5.92 Å². The second-order valence-corrected chi connectivity index (χ2v) is 6.09. The molecule has 0 aliphatic rings. The van der Waals surface area contributed by atoms with Crippen molar-refractivity contribution in [3.8, 4) is 0 Å². The Morgan fingerprint density at radius 3 is 2.83 bits per heavy atom.